The fraction of sp³-hybridized carbons (Fsp3) is 0.647. The maximum absolute atomic E-state index is 5.85. The second-order valence-electron chi connectivity index (χ2n) is 6.01. The van der Waals surface area contributed by atoms with E-state index in [2.05, 4.69) is 17.4 Å². The van der Waals surface area contributed by atoms with Gasteiger partial charge in [-0.1, -0.05) is 6.07 Å². The minimum absolute atomic E-state index is 0.231. The van der Waals surface area contributed by atoms with Gasteiger partial charge in [-0.25, -0.2) is 0 Å². The Morgan fingerprint density at radius 1 is 1.24 bits per heavy atom. The standard InChI is InChI=1S/C17H25NO3/c1-19-17-9-14(11-18-10-13-4-5-13)6-7-16(17)21-12-15-3-2-8-20-15/h6-7,9,13,15,18H,2-5,8,10-12H2,1H3. The molecule has 1 N–H and O–H groups in total. The van der Waals surface area contributed by atoms with Gasteiger partial charge in [-0.2, -0.15) is 0 Å². The maximum Gasteiger partial charge on any atom is 0.161 e. The molecule has 0 radical (unpaired) electrons. The molecule has 0 amide bonds. The first-order valence-corrected chi connectivity index (χ1v) is 7.97. The molecule has 1 aromatic carbocycles. The molecule has 1 atom stereocenters. The molecule has 21 heavy (non-hydrogen) atoms. The minimum atomic E-state index is 0.231. The van der Waals surface area contributed by atoms with E-state index < -0.39 is 0 Å². The molecule has 0 bridgehead atoms. The van der Waals surface area contributed by atoms with Gasteiger partial charge < -0.3 is 19.5 Å². The summed E-state index contributed by atoms with van der Waals surface area (Å²) in [5.41, 5.74) is 1.23. The lowest BCUT2D eigenvalue weighted by atomic mass is 10.2. The van der Waals surface area contributed by atoms with Crippen LogP contribution >= 0.6 is 0 Å². The van der Waals surface area contributed by atoms with Crippen molar-refractivity contribution in [2.45, 2.75) is 38.3 Å². The summed E-state index contributed by atoms with van der Waals surface area (Å²) in [6.07, 6.45) is 5.22. The SMILES string of the molecule is COc1cc(CNCC2CC2)ccc1OCC1CCCO1. The van der Waals surface area contributed by atoms with Gasteiger partial charge in [0.1, 0.15) is 6.61 Å². The van der Waals surface area contributed by atoms with E-state index in [1.165, 1.54) is 18.4 Å². The Labute approximate surface area is 126 Å². The first kappa shape index (κ1) is 14.7. The average Bonchev–Trinajstić information content (AvgIpc) is 3.18. The number of methoxy groups -OCH3 is 1. The van der Waals surface area contributed by atoms with Gasteiger partial charge in [0, 0.05) is 13.2 Å². The number of rotatable bonds is 8. The largest absolute Gasteiger partial charge is 0.493 e. The summed E-state index contributed by atoms with van der Waals surface area (Å²) < 4.78 is 16.9. The number of ether oxygens (including phenoxy) is 3. The molecular formula is C17H25NO3. The molecule has 3 rings (SSSR count). The summed E-state index contributed by atoms with van der Waals surface area (Å²) >= 11 is 0. The van der Waals surface area contributed by atoms with Crippen LogP contribution in [0.3, 0.4) is 0 Å². The predicted molar refractivity (Wildman–Crippen MR) is 81.9 cm³/mol. The van der Waals surface area contributed by atoms with Crippen LogP contribution in [0.1, 0.15) is 31.2 Å². The van der Waals surface area contributed by atoms with E-state index in [4.69, 9.17) is 14.2 Å². The fourth-order valence-electron chi connectivity index (χ4n) is 2.64. The molecule has 0 aromatic heterocycles. The highest BCUT2D eigenvalue weighted by atomic mass is 16.5. The molecule has 116 valence electrons. The van der Waals surface area contributed by atoms with Crippen LogP contribution < -0.4 is 14.8 Å². The van der Waals surface area contributed by atoms with Crippen molar-refractivity contribution in [2.75, 3.05) is 26.9 Å². The van der Waals surface area contributed by atoms with Crippen LogP contribution in [0.4, 0.5) is 0 Å². The van der Waals surface area contributed by atoms with Gasteiger partial charge in [-0.15, -0.1) is 0 Å². The van der Waals surface area contributed by atoms with Gasteiger partial charge >= 0.3 is 0 Å². The van der Waals surface area contributed by atoms with Gasteiger partial charge in [0.25, 0.3) is 0 Å². The Hall–Kier alpha value is -1.26. The van der Waals surface area contributed by atoms with Gasteiger partial charge in [0.05, 0.1) is 13.2 Å². The third-order valence-corrected chi connectivity index (χ3v) is 4.14. The van der Waals surface area contributed by atoms with E-state index in [1.54, 1.807) is 7.11 Å². The van der Waals surface area contributed by atoms with Gasteiger partial charge in [-0.05, 0) is 55.8 Å². The van der Waals surface area contributed by atoms with E-state index in [-0.39, 0.29) is 6.10 Å². The lowest BCUT2D eigenvalue weighted by Crippen LogP contribution is -2.17. The van der Waals surface area contributed by atoms with Crippen LogP contribution in [0.2, 0.25) is 0 Å². The third-order valence-electron chi connectivity index (χ3n) is 4.14. The molecule has 4 nitrogen and oxygen atoms in total. The zero-order valence-electron chi connectivity index (χ0n) is 12.8. The Morgan fingerprint density at radius 2 is 2.14 bits per heavy atom. The van der Waals surface area contributed by atoms with Crippen molar-refractivity contribution in [3.05, 3.63) is 23.8 Å². The Bertz CT molecular complexity index is 453. The number of hydrogen-bond acceptors (Lipinski definition) is 4. The molecular weight excluding hydrogens is 266 g/mol. The fourth-order valence-corrected chi connectivity index (χ4v) is 2.64. The number of hydrogen-bond donors (Lipinski definition) is 1. The molecule has 1 saturated heterocycles. The third kappa shape index (κ3) is 4.35. The van der Waals surface area contributed by atoms with Crippen LogP contribution in [0.25, 0.3) is 0 Å². The van der Waals surface area contributed by atoms with Crippen molar-refractivity contribution in [3.8, 4) is 11.5 Å². The summed E-state index contributed by atoms with van der Waals surface area (Å²) in [7, 11) is 1.69. The van der Waals surface area contributed by atoms with Crippen molar-refractivity contribution in [1.82, 2.24) is 5.32 Å². The molecule has 1 heterocycles. The van der Waals surface area contributed by atoms with Crippen LogP contribution in [0, 0.1) is 5.92 Å². The van der Waals surface area contributed by atoms with Crippen LogP contribution in [-0.2, 0) is 11.3 Å². The topological polar surface area (TPSA) is 39.7 Å². The highest BCUT2D eigenvalue weighted by molar-refractivity contribution is 5.43. The van der Waals surface area contributed by atoms with Crippen molar-refractivity contribution < 1.29 is 14.2 Å². The van der Waals surface area contributed by atoms with E-state index >= 15 is 0 Å². The van der Waals surface area contributed by atoms with E-state index in [0.29, 0.717) is 6.61 Å². The van der Waals surface area contributed by atoms with Crippen LogP contribution in [0.15, 0.2) is 18.2 Å². The van der Waals surface area contributed by atoms with Crippen molar-refractivity contribution in [3.63, 3.8) is 0 Å². The molecule has 1 aliphatic carbocycles. The average molecular weight is 291 g/mol. The normalized spacial score (nSPS) is 21.5. The highest BCUT2D eigenvalue weighted by Gasteiger charge is 2.20. The lowest BCUT2D eigenvalue weighted by molar-refractivity contribution is 0.0669. The van der Waals surface area contributed by atoms with Crippen molar-refractivity contribution >= 4 is 0 Å². The maximum atomic E-state index is 5.85. The zero-order valence-corrected chi connectivity index (χ0v) is 12.8. The summed E-state index contributed by atoms with van der Waals surface area (Å²) in [5, 5.41) is 3.49. The van der Waals surface area contributed by atoms with E-state index in [0.717, 1.165) is 50.0 Å². The van der Waals surface area contributed by atoms with Gasteiger partial charge in [0.15, 0.2) is 11.5 Å². The first-order valence-electron chi connectivity index (χ1n) is 7.97. The summed E-state index contributed by atoms with van der Waals surface area (Å²) in [5.74, 6) is 2.51. The molecule has 1 unspecified atom stereocenters. The highest BCUT2D eigenvalue weighted by Crippen LogP contribution is 2.30. The molecule has 2 fully saturated rings. The Morgan fingerprint density at radius 3 is 2.86 bits per heavy atom. The van der Waals surface area contributed by atoms with Gasteiger partial charge in [-0.3, -0.25) is 0 Å². The summed E-state index contributed by atoms with van der Waals surface area (Å²) in [6, 6.07) is 6.17. The number of benzene rings is 1. The Balaban J connectivity index is 1.52. The second kappa shape index (κ2) is 7.14. The van der Waals surface area contributed by atoms with Crippen molar-refractivity contribution in [1.29, 1.82) is 0 Å². The zero-order chi connectivity index (χ0) is 14.5. The smallest absolute Gasteiger partial charge is 0.161 e. The van der Waals surface area contributed by atoms with E-state index in [9.17, 15) is 0 Å². The summed E-state index contributed by atoms with van der Waals surface area (Å²) in [4.78, 5) is 0. The second-order valence-corrected chi connectivity index (χ2v) is 6.01. The molecule has 0 spiro atoms. The van der Waals surface area contributed by atoms with Crippen LogP contribution in [0.5, 0.6) is 11.5 Å². The molecule has 1 aromatic rings. The monoisotopic (exact) mass is 291 g/mol. The number of nitrogens with one attached hydrogen (secondary N) is 1. The molecule has 1 aliphatic heterocycles. The molecule has 1 saturated carbocycles. The molecule has 4 heteroatoms. The van der Waals surface area contributed by atoms with E-state index in [1.807, 2.05) is 6.07 Å². The molecule has 2 aliphatic rings. The van der Waals surface area contributed by atoms with Gasteiger partial charge in [0.2, 0.25) is 0 Å². The van der Waals surface area contributed by atoms with Crippen molar-refractivity contribution in [2.24, 2.45) is 5.92 Å². The predicted octanol–water partition coefficient (Wildman–Crippen LogP) is 2.75. The quantitative estimate of drug-likeness (QED) is 0.799. The first-order chi connectivity index (χ1) is 10.3. The lowest BCUT2D eigenvalue weighted by Gasteiger charge is -2.15. The minimum Gasteiger partial charge on any atom is -0.493 e. The summed E-state index contributed by atoms with van der Waals surface area (Å²) in [6.45, 7) is 3.48. The van der Waals surface area contributed by atoms with Crippen LogP contribution in [-0.4, -0.2) is 33.0 Å². The Kier molecular flexibility index (Phi) is 4.99.